The fourth-order valence-corrected chi connectivity index (χ4v) is 5.00. The van der Waals surface area contributed by atoms with Gasteiger partial charge in [-0.25, -0.2) is 4.79 Å². The number of rotatable bonds is 4. The van der Waals surface area contributed by atoms with Crippen LogP contribution >= 0.6 is 11.6 Å². The molecule has 3 aliphatic heterocycles. The van der Waals surface area contributed by atoms with Gasteiger partial charge in [0, 0.05) is 38.2 Å². The first kappa shape index (κ1) is 20.8. The summed E-state index contributed by atoms with van der Waals surface area (Å²) in [5.74, 6) is 0.908. The fourth-order valence-electron chi connectivity index (χ4n) is 4.77. The normalized spacial score (nSPS) is 25.9. The van der Waals surface area contributed by atoms with Crippen LogP contribution in [0.3, 0.4) is 0 Å². The van der Waals surface area contributed by atoms with Crippen molar-refractivity contribution < 1.29 is 23.7 Å². The Morgan fingerprint density at radius 1 is 1.21 bits per heavy atom. The van der Waals surface area contributed by atoms with E-state index >= 15 is 0 Å². The zero-order chi connectivity index (χ0) is 20.6. The van der Waals surface area contributed by atoms with Crippen molar-refractivity contribution in [1.29, 1.82) is 0 Å². The Morgan fingerprint density at radius 3 is 2.52 bits per heavy atom. The van der Waals surface area contributed by atoms with Gasteiger partial charge in [0.05, 0.1) is 17.7 Å². The maximum Gasteiger partial charge on any atom is 0.338 e. The van der Waals surface area contributed by atoms with Gasteiger partial charge in [0.1, 0.15) is 0 Å². The summed E-state index contributed by atoms with van der Waals surface area (Å²) in [4.78, 5) is 14.6. The number of methoxy groups -OCH3 is 1. The minimum absolute atomic E-state index is 0.262. The number of ether oxygens (including phenoxy) is 4. The van der Waals surface area contributed by atoms with Crippen molar-refractivity contribution in [1.82, 2.24) is 4.90 Å². The molecule has 1 unspecified atom stereocenters. The van der Waals surface area contributed by atoms with Gasteiger partial charge < -0.3 is 23.8 Å². The second-order valence-corrected chi connectivity index (χ2v) is 8.94. The molecular formula is C22H30ClNO5. The van der Waals surface area contributed by atoms with Gasteiger partial charge in [-0.15, -0.1) is 0 Å². The monoisotopic (exact) mass is 423 g/mol. The largest absolute Gasteiger partial charge is 0.465 e. The minimum Gasteiger partial charge on any atom is -0.465 e. The summed E-state index contributed by atoms with van der Waals surface area (Å²) in [6.45, 7) is 8.86. The number of halogens is 1. The van der Waals surface area contributed by atoms with E-state index in [2.05, 4.69) is 4.90 Å². The maximum absolute atomic E-state index is 12.1. The molecule has 0 N–H and O–H groups in total. The molecule has 6 nitrogen and oxygen atoms in total. The van der Waals surface area contributed by atoms with Crippen LogP contribution in [0.4, 0.5) is 0 Å². The Morgan fingerprint density at radius 2 is 1.86 bits per heavy atom. The number of fused-ring (bicyclic) bond motifs is 1. The number of carbonyl (C=O) groups is 1. The van der Waals surface area contributed by atoms with E-state index in [0.29, 0.717) is 27.6 Å². The average molecular weight is 424 g/mol. The standard InChI is InChI=1S/C22H30ClNO5/c1-14-17(21(25)26-3)12-18(23)20-19(14)28-22(2,29-20)16-4-8-24(9-5-16)13-15-6-10-27-11-7-15/h12,15-16H,4-11,13H2,1-3H3. The lowest BCUT2D eigenvalue weighted by molar-refractivity contribution is -0.125. The molecule has 29 heavy (non-hydrogen) atoms. The summed E-state index contributed by atoms with van der Waals surface area (Å²) in [6, 6.07) is 1.60. The minimum atomic E-state index is -0.768. The number of nitrogens with zero attached hydrogens (tertiary/aromatic N) is 1. The molecule has 0 radical (unpaired) electrons. The number of carbonyl (C=O) groups excluding carboxylic acids is 1. The van der Waals surface area contributed by atoms with Crippen molar-refractivity contribution in [2.75, 3.05) is 40.0 Å². The Bertz CT molecular complexity index is 771. The topological polar surface area (TPSA) is 57.2 Å². The van der Waals surface area contributed by atoms with E-state index in [9.17, 15) is 4.79 Å². The molecule has 1 aromatic rings. The van der Waals surface area contributed by atoms with E-state index in [1.165, 1.54) is 20.0 Å². The van der Waals surface area contributed by atoms with Crippen LogP contribution in [0.5, 0.6) is 11.5 Å². The highest BCUT2D eigenvalue weighted by Gasteiger charge is 2.47. The molecule has 4 rings (SSSR count). The van der Waals surface area contributed by atoms with Crippen molar-refractivity contribution in [3.8, 4) is 11.5 Å². The van der Waals surface area contributed by atoms with Gasteiger partial charge in [0.15, 0.2) is 11.5 Å². The van der Waals surface area contributed by atoms with Crippen LogP contribution in [0.25, 0.3) is 0 Å². The number of benzene rings is 1. The Labute approximate surface area is 177 Å². The first-order chi connectivity index (χ1) is 13.9. The van der Waals surface area contributed by atoms with Gasteiger partial charge in [0.25, 0.3) is 5.79 Å². The Kier molecular flexibility index (Phi) is 5.96. The molecule has 7 heteroatoms. The van der Waals surface area contributed by atoms with Crippen molar-refractivity contribution in [2.45, 2.75) is 45.3 Å². The van der Waals surface area contributed by atoms with E-state index in [1.807, 2.05) is 13.8 Å². The van der Waals surface area contributed by atoms with Crippen LogP contribution < -0.4 is 9.47 Å². The lowest BCUT2D eigenvalue weighted by atomic mass is 9.88. The van der Waals surface area contributed by atoms with Gasteiger partial charge >= 0.3 is 5.97 Å². The van der Waals surface area contributed by atoms with Crippen LogP contribution in [-0.4, -0.2) is 56.6 Å². The summed E-state index contributed by atoms with van der Waals surface area (Å²) in [5, 5.41) is 0.381. The summed E-state index contributed by atoms with van der Waals surface area (Å²) >= 11 is 6.41. The van der Waals surface area contributed by atoms with Crippen LogP contribution in [0, 0.1) is 18.8 Å². The molecule has 160 valence electrons. The Hall–Kier alpha value is -1.50. The highest BCUT2D eigenvalue weighted by Crippen LogP contribution is 2.51. The van der Waals surface area contributed by atoms with E-state index in [4.69, 9.17) is 30.5 Å². The summed E-state index contributed by atoms with van der Waals surface area (Å²) in [5.41, 5.74) is 1.12. The molecule has 0 bridgehead atoms. The number of likely N-dealkylation sites (tertiary alicyclic amines) is 1. The number of hydrogen-bond donors (Lipinski definition) is 0. The van der Waals surface area contributed by atoms with Crippen molar-refractivity contribution >= 4 is 17.6 Å². The number of esters is 1. The highest BCUT2D eigenvalue weighted by molar-refractivity contribution is 6.32. The first-order valence-electron chi connectivity index (χ1n) is 10.5. The van der Waals surface area contributed by atoms with Gasteiger partial charge in [-0.3, -0.25) is 0 Å². The fraction of sp³-hybridized carbons (Fsp3) is 0.682. The maximum atomic E-state index is 12.1. The van der Waals surface area contributed by atoms with Crippen LogP contribution in [-0.2, 0) is 9.47 Å². The zero-order valence-corrected chi connectivity index (χ0v) is 18.2. The molecule has 3 heterocycles. The lowest BCUT2D eigenvalue weighted by Gasteiger charge is -2.40. The average Bonchev–Trinajstić information content (AvgIpc) is 3.11. The first-order valence-corrected chi connectivity index (χ1v) is 10.9. The summed E-state index contributed by atoms with van der Waals surface area (Å²) < 4.78 is 22.9. The molecule has 3 aliphatic rings. The Balaban J connectivity index is 1.42. The zero-order valence-electron chi connectivity index (χ0n) is 17.5. The molecule has 0 spiro atoms. The molecule has 2 saturated heterocycles. The van der Waals surface area contributed by atoms with Crippen LogP contribution in [0.1, 0.15) is 48.5 Å². The third-order valence-electron chi connectivity index (χ3n) is 6.64. The van der Waals surface area contributed by atoms with Gasteiger partial charge in [-0.05, 0) is 57.7 Å². The predicted octanol–water partition coefficient (Wildman–Crippen LogP) is 4.06. The van der Waals surface area contributed by atoms with E-state index in [0.717, 1.165) is 51.6 Å². The summed E-state index contributed by atoms with van der Waals surface area (Å²) in [7, 11) is 1.36. The van der Waals surface area contributed by atoms with Crippen molar-refractivity contribution in [3.63, 3.8) is 0 Å². The molecule has 1 aromatic carbocycles. The van der Waals surface area contributed by atoms with Gasteiger partial charge in [0.2, 0.25) is 0 Å². The number of hydrogen-bond acceptors (Lipinski definition) is 6. The second kappa shape index (κ2) is 8.32. The molecule has 1 atom stereocenters. The van der Waals surface area contributed by atoms with Crippen LogP contribution in [0.15, 0.2) is 6.07 Å². The quantitative estimate of drug-likeness (QED) is 0.680. The van der Waals surface area contributed by atoms with Crippen molar-refractivity contribution in [2.24, 2.45) is 11.8 Å². The van der Waals surface area contributed by atoms with E-state index in [1.54, 1.807) is 6.07 Å². The van der Waals surface area contributed by atoms with Gasteiger partial charge in [-0.2, -0.15) is 0 Å². The lowest BCUT2D eigenvalue weighted by Crippen LogP contribution is -2.49. The van der Waals surface area contributed by atoms with E-state index < -0.39 is 11.8 Å². The van der Waals surface area contributed by atoms with Gasteiger partial charge in [-0.1, -0.05) is 11.6 Å². The summed E-state index contributed by atoms with van der Waals surface area (Å²) in [6.07, 6.45) is 4.35. The smallest absolute Gasteiger partial charge is 0.338 e. The third-order valence-corrected chi connectivity index (χ3v) is 6.92. The molecule has 0 aliphatic carbocycles. The SMILES string of the molecule is COC(=O)c1cc(Cl)c2c(c1C)OC(C)(C1CCN(CC3CCOCC3)CC1)O2. The van der Waals surface area contributed by atoms with Crippen molar-refractivity contribution in [3.05, 3.63) is 22.2 Å². The molecule has 2 fully saturated rings. The number of piperidine rings is 1. The second-order valence-electron chi connectivity index (χ2n) is 8.53. The van der Waals surface area contributed by atoms with Crippen LogP contribution in [0.2, 0.25) is 5.02 Å². The molecule has 0 aromatic heterocycles. The third kappa shape index (κ3) is 4.07. The molecule has 0 amide bonds. The molecule has 0 saturated carbocycles. The van der Waals surface area contributed by atoms with E-state index in [-0.39, 0.29) is 5.92 Å². The highest BCUT2D eigenvalue weighted by atomic mass is 35.5. The molecular weight excluding hydrogens is 394 g/mol. The predicted molar refractivity (Wildman–Crippen MR) is 110 cm³/mol.